The lowest BCUT2D eigenvalue weighted by atomic mass is 9.91. The Kier molecular flexibility index (Phi) is 15.3. The van der Waals surface area contributed by atoms with Crippen molar-refractivity contribution in [1.82, 2.24) is 39.5 Å². The third-order valence-electron chi connectivity index (χ3n) is 15.8. The average molecular weight is 1140 g/mol. The van der Waals surface area contributed by atoms with Gasteiger partial charge < -0.3 is 39.7 Å². The maximum Gasteiger partial charge on any atom is 0.301 e. The van der Waals surface area contributed by atoms with Crippen LogP contribution < -0.4 is 19.8 Å². The van der Waals surface area contributed by atoms with Crippen molar-refractivity contribution in [3.8, 4) is 21.6 Å². The lowest BCUT2D eigenvalue weighted by Crippen LogP contribution is -2.63. The van der Waals surface area contributed by atoms with Crippen LogP contribution >= 0.6 is 11.3 Å². The number of likely N-dealkylation sites (tertiary alicyclic amines) is 1. The number of hydrogen-bond donors (Lipinski definition) is 5. The molecule has 0 saturated carbocycles. The van der Waals surface area contributed by atoms with E-state index in [0.29, 0.717) is 46.8 Å². The second kappa shape index (κ2) is 22.4. The number of nitrogens with one attached hydrogen (secondary N) is 3. The van der Waals surface area contributed by atoms with Crippen LogP contribution in [-0.4, -0.2) is 160 Å². The molecule has 4 aromatic heterocycles. The molecule has 11 rings (SSSR count). The molecule has 7 aromatic rings. The van der Waals surface area contributed by atoms with E-state index in [0.717, 1.165) is 70.0 Å². The van der Waals surface area contributed by atoms with Crippen molar-refractivity contribution >= 4 is 67.4 Å². The van der Waals surface area contributed by atoms with Crippen molar-refractivity contribution in [2.24, 2.45) is 5.92 Å². The van der Waals surface area contributed by atoms with Gasteiger partial charge in [-0.2, -0.15) is 12.7 Å². The summed E-state index contributed by atoms with van der Waals surface area (Å²) in [5, 5.41) is 28.7. The molecule has 4 aliphatic rings. The number of carbonyl (C=O) groups excluding carboxylic acids is 3. The van der Waals surface area contributed by atoms with Crippen LogP contribution in [0.15, 0.2) is 95.2 Å². The Labute approximate surface area is 463 Å². The molecule has 19 nitrogen and oxygen atoms in total. The van der Waals surface area contributed by atoms with Crippen LogP contribution in [0.3, 0.4) is 0 Å². The van der Waals surface area contributed by atoms with E-state index in [2.05, 4.69) is 40.1 Å². The first kappa shape index (κ1) is 54.7. The van der Waals surface area contributed by atoms with Crippen molar-refractivity contribution in [2.75, 3.05) is 80.0 Å². The number of pyridine rings is 1. The number of thiazole rings is 1. The zero-order valence-electron chi connectivity index (χ0n) is 44.1. The Bertz CT molecular complexity index is 3550. The molecule has 4 saturated heterocycles. The predicted molar refractivity (Wildman–Crippen MR) is 295 cm³/mol. The summed E-state index contributed by atoms with van der Waals surface area (Å²) in [6.45, 7) is 9.50. The van der Waals surface area contributed by atoms with E-state index < -0.39 is 81.6 Å². The number of anilines is 3. The number of fused-ring (bicyclic) bond motifs is 1. The highest BCUT2D eigenvalue weighted by Crippen LogP contribution is 2.36. The molecule has 0 spiro atoms. The summed E-state index contributed by atoms with van der Waals surface area (Å²) in [6, 6.07) is 19.2. The number of benzene rings is 3. The molecule has 4 aliphatic heterocycles. The van der Waals surface area contributed by atoms with Gasteiger partial charge in [0.1, 0.15) is 29.6 Å². The van der Waals surface area contributed by atoms with Crippen molar-refractivity contribution in [3.63, 3.8) is 0 Å². The van der Waals surface area contributed by atoms with Crippen LogP contribution in [0.4, 0.5) is 30.4 Å². The Morgan fingerprint density at radius 1 is 0.900 bits per heavy atom. The summed E-state index contributed by atoms with van der Waals surface area (Å²) < 4.78 is 79.3. The summed E-state index contributed by atoms with van der Waals surface area (Å²) in [5.74, 6) is -4.41. The molecule has 2 amide bonds. The summed E-state index contributed by atoms with van der Waals surface area (Å²) >= 11 is 1.53. The molecular formula is C56H60F3N11O8S2. The number of carbonyl (C=O) groups is 3. The van der Waals surface area contributed by atoms with E-state index in [1.807, 2.05) is 74.0 Å². The highest BCUT2D eigenvalue weighted by Gasteiger charge is 2.45. The van der Waals surface area contributed by atoms with E-state index in [-0.39, 0.29) is 56.0 Å². The third kappa shape index (κ3) is 10.8. The van der Waals surface area contributed by atoms with Crippen LogP contribution in [0, 0.1) is 24.5 Å². The number of aliphatic hydroxyl groups excluding tert-OH is 2. The number of halogens is 3. The number of H-pyrrole nitrogens is 1. The molecule has 5 N–H and O–H groups in total. The first-order valence-electron chi connectivity index (χ1n) is 26.6. The van der Waals surface area contributed by atoms with Crippen molar-refractivity contribution < 1.29 is 50.7 Å². The highest BCUT2D eigenvalue weighted by molar-refractivity contribution is 7.90. The monoisotopic (exact) mass is 1140 g/mol. The second-order valence-electron chi connectivity index (χ2n) is 21.3. The third-order valence-corrected chi connectivity index (χ3v) is 18.3. The average Bonchev–Trinajstić information content (AvgIpc) is 4.34. The van der Waals surface area contributed by atoms with E-state index in [4.69, 9.17) is 4.52 Å². The van der Waals surface area contributed by atoms with Gasteiger partial charge in [-0.15, -0.1) is 11.3 Å². The van der Waals surface area contributed by atoms with E-state index in [1.54, 1.807) is 23.8 Å². The smallest absolute Gasteiger partial charge is 0.301 e. The van der Waals surface area contributed by atoms with Gasteiger partial charge in [-0.1, -0.05) is 55.4 Å². The number of piperazine rings is 1. The number of nitrogens with zero attached hydrogens (tertiary/aromatic N) is 8. The fourth-order valence-electron chi connectivity index (χ4n) is 11.3. The predicted octanol–water partition coefficient (Wildman–Crippen LogP) is 6.42. The van der Waals surface area contributed by atoms with Crippen molar-refractivity contribution in [2.45, 2.75) is 69.9 Å². The lowest BCUT2D eigenvalue weighted by Gasteiger charge is -2.48. The molecule has 8 heterocycles. The summed E-state index contributed by atoms with van der Waals surface area (Å²) in [7, 11) is -4.38. The molecular weight excluding hydrogens is 1080 g/mol. The lowest BCUT2D eigenvalue weighted by molar-refractivity contribution is -0.141. The van der Waals surface area contributed by atoms with Gasteiger partial charge in [0.2, 0.25) is 17.6 Å². The maximum absolute atomic E-state index is 15.8. The van der Waals surface area contributed by atoms with Gasteiger partial charge in [0.15, 0.2) is 17.4 Å². The van der Waals surface area contributed by atoms with Crippen molar-refractivity contribution in [1.29, 1.82) is 0 Å². The summed E-state index contributed by atoms with van der Waals surface area (Å²) in [4.78, 5) is 63.1. The van der Waals surface area contributed by atoms with E-state index >= 15 is 8.78 Å². The number of aliphatic hydroxyl groups is 2. The number of aromatic amines is 1. The number of ketones is 1. The Hall–Kier alpha value is -7.22. The molecule has 0 radical (unpaired) electrons. The number of aryl methyl sites for hydroxylation is 1. The normalized spacial score (nSPS) is 20.2. The number of alkyl halides is 1. The standard InChI is InChI=1S/C56H60F3N11O8S2/c1-31(2)49(56(75)70-28-40(72)21-46(70)55(74)63-45(29-71)34-4-6-35(7-5-34)53-32(3)62-30-79-53)47-22-48(64-78-47)68-26-39(27-68)67-18-16-66(17-19-67)38-10-8-33(9-11-38)36-20-41-42(24-61-54(41)60-23-36)52(73)50-43(58)12-13-44(51(50)59)65-80(76,77)69-15-14-37(57)25-69/h4-13,20,22-24,30-31,37,39-40,45-46,49,65,71-72H,14-19,21,25-29H2,1-3H3,(H,60,61)(H,63,74)/t37-,40-,45?,46+,49?/m1/s1. The quantitative estimate of drug-likeness (QED) is 0.0620. The summed E-state index contributed by atoms with van der Waals surface area (Å²) in [5.41, 5.74) is 5.48. The molecule has 2 unspecified atom stereocenters. The van der Waals surface area contributed by atoms with Crippen LogP contribution in [0.2, 0.25) is 0 Å². The molecule has 0 aliphatic carbocycles. The molecule has 4 fully saturated rings. The van der Waals surface area contributed by atoms with Crippen LogP contribution in [0.5, 0.6) is 0 Å². The minimum absolute atomic E-state index is 0.00881. The fraction of sp³-hybridized carbons (Fsp3) is 0.393. The molecule has 80 heavy (non-hydrogen) atoms. The Morgan fingerprint density at radius 3 is 2.31 bits per heavy atom. The SMILES string of the molecule is Cc1ncsc1-c1ccc(C(CO)NC(=O)[C@@H]2C[C@@H](O)CN2C(=O)C(c2cc(N3CC(N4CCN(c5ccc(-c6cnc7[nH]cc(C(=O)c8c(F)ccc(NS(=O)(=O)N9CC[C@@H](F)C9)c8F)c7c6)cc5)CC4)C3)no2)C(C)C)cc1. The largest absolute Gasteiger partial charge is 0.394 e. The first-order chi connectivity index (χ1) is 38.4. The zero-order valence-corrected chi connectivity index (χ0v) is 45.7. The van der Waals surface area contributed by atoms with Gasteiger partial charge in [-0.05, 0) is 66.3 Å². The van der Waals surface area contributed by atoms with Gasteiger partial charge in [0.05, 0.1) is 46.1 Å². The van der Waals surface area contributed by atoms with Gasteiger partial charge in [0.25, 0.3) is 0 Å². The Balaban J connectivity index is 0.682. The number of β-amino-alcohol motifs (C(OH)–C–C–N with tert-alkyl or cyclic N) is 1. The fourth-order valence-corrected chi connectivity index (χ4v) is 13.3. The second-order valence-corrected chi connectivity index (χ2v) is 23.8. The van der Waals surface area contributed by atoms with E-state index in [9.17, 15) is 37.4 Å². The van der Waals surface area contributed by atoms with Gasteiger partial charge in [0, 0.05) is 112 Å². The van der Waals surface area contributed by atoms with Crippen LogP contribution in [-0.2, 0) is 19.8 Å². The van der Waals surface area contributed by atoms with E-state index in [1.165, 1.54) is 22.4 Å². The molecule has 3 aromatic carbocycles. The maximum atomic E-state index is 15.8. The van der Waals surface area contributed by atoms with Gasteiger partial charge in [-0.3, -0.25) is 24.0 Å². The number of rotatable bonds is 17. The molecule has 420 valence electrons. The first-order valence-corrected chi connectivity index (χ1v) is 28.9. The number of aromatic nitrogens is 4. The zero-order chi connectivity index (χ0) is 56.1. The minimum atomic E-state index is -4.38. The van der Waals surface area contributed by atoms with Gasteiger partial charge >= 0.3 is 10.2 Å². The minimum Gasteiger partial charge on any atom is -0.394 e. The molecule has 24 heteroatoms. The van der Waals surface area contributed by atoms with Crippen molar-refractivity contribution in [3.05, 3.63) is 130 Å². The van der Waals surface area contributed by atoms with Gasteiger partial charge in [-0.25, -0.2) is 23.1 Å². The molecule has 0 bridgehead atoms. The van der Waals surface area contributed by atoms with Crippen LogP contribution in [0.1, 0.15) is 71.6 Å². The summed E-state index contributed by atoms with van der Waals surface area (Å²) in [6.07, 6.45) is 0.708. The molecule has 5 atom stereocenters. The van der Waals surface area contributed by atoms with Crippen LogP contribution in [0.25, 0.3) is 32.6 Å². The Morgan fingerprint density at radius 2 is 1.64 bits per heavy atom. The number of hydrogen-bond acceptors (Lipinski definition) is 15. The highest BCUT2D eigenvalue weighted by atomic mass is 32.2. The topological polar surface area (TPSA) is 234 Å². The number of amides is 2.